The fraction of sp³-hybridized carbons (Fsp3) is 0.867. The Bertz CT molecular complexity index is 311. The number of hydrogen-bond acceptors (Lipinski definition) is 2. The van der Waals surface area contributed by atoms with E-state index in [1.807, 2.05) is 0 Å². The predicted molar refractivity (Wildman–Crippen MR) is 76.4 cm³/mol. The molecule has 0 aromatic rings. The van der Waals surface area contributed by atoms with Crippen LogP contribution >= 0.6 is 0 Å². The van der Waals surface area contributed by atoms with Crippen LogP contribution in [0.3, 0.4) is 0 Å². The maximum absolute atomic E-state index is 6.03. The second kappa shape index (κ2) is 5.01. The topological polar surface area (TPSA) is 18.5 Å². The molecule has 2 aliphatic rings. The lowest BCUT2D eigenvalue weighted by Crippen LogP contribution is -2.41. The minimum absolute atomic E-state index is 0.170. The summed E-state index contributed by atoms with van der Waals surface area (Å²) in [4.78, 5) is 0. The van der Waals surface area contributed by atoms with Crippen molar-refractivity contribution in [2.24, 2.45) is 5.92 Å². The summed E-state index contributed by atoms with van der Waals surface area (Å²) < 4.78 is 12.1. The van der Waals surface area contributed by atoms with Gasteiger partial charge in [-0.2, -0.15) is 0 Å². The van der Waals surface area contributed by atoms with Crippen molar-refractivity contribution < 1.29 is 9.31 Å². The highest BCUT2D eigenvalue weighted by Gasteiger charge is 2.50. The molecular weight excluding hydrogens is 223 g/mol. The van der Waals surface area contributed by atoms with Gasteiger partial charge in [-0.3, -0.25) is 0 Å². The molecule has 0 bridgehead atoms. The van der Waals surface area contributed by atoms with Crippen molar-refractivity contribution in [3.8, 4) is 0 Å². The first-order valence-corrected chi connectivity index (χ1v) is 7.36. The Balaban J connectivity index is 2.01. The SMILES string of the molecule is C/C(=C\B1OC(C)(C)C(C)(C)O1)C1CCCCC1. The summed E-state index contributed by atoms with van der Waals surface area (Å²) in [6, 6.07) is 0. The van der Waals surface area contributed by atoms with Crippen LogP contribution in [0, 0.1) is 5.92 Å². The van der Waals surface area contributed by atoms with E-state index < -0.39 is 0 Å². The zero-order valence-electron chi connectivity index (χ0n) is 12.6. The summed E-state index contributed by atoms with van der Waals surface area (Å²) in [5, 5.41) is 0. The molecule has 0 unspecified atom stereocenters. The smallest absolute Gasteiger partial charge is 0.400 e. The largest absolute Gasteiger partial charge is 0.487 e. The van der Waals surface area contributed by atoms with Crippen LogP contribution in [0.2, 0.25) is 0 Å². The van der Waals surface area contributed by atoms with Crippen molar-refractivity contribution in [3.63, 3.8) is 0 Å². The van der Waals surface area contributed by atoms with Gasteiger partial charge in [0.15, 0.2) is 0 Å². The molecule has 3 heteroatoms. The summed E-state index contributed by atoms with van der Waals surface area (Å²) in [7, 11) is -0.170. The van der Waals surface area contributed by atoms with Gasteiger partial charge in [-0.1, -0.05) is 30.8 Å². The Morgan fingerprint density at radius 3 is 2.00 bits per heavy atom. The standard InChI is InChI=1S/C15H27BO2/c1-12(13-9-7-6-8-10-13)11-16-17-14(2,3)15(4,5)18-16/h11,13H,6-10H2,1-5H3/b12-11+. The summed E-state index contributed by atoms with van der Waals surface area (Å²) >= 11 is 0. The molecule has 1 saturated carbocycles. The molecule has 0 spiro atoms. The van der Waals surface area contributed by atoms with Gasteiger partial charge in [0.05, 0.1) is 11.2 Å². The Labute approximate surface area is 112 Å². The van der Waals surface area contributed by atoms with E-state index in [-0.39, 0.29) is 18.3 Å². The van der Waals surface area contributed by atoms with Crippen LogP contribution in [-0.4, -0.2) is 18.3 Å². The van der Waals surface area contributed by atoms with Gasteiger partial charge >= 0.3 is 7.12 Å². The molecule has 0 aromatic carbocycles. The fourth-order valence-electron chi connectivity index (χ4n) is 2.87. The van der Waals surface area contributed by atoms with Crippen LogP contribution in [0.4, 0.5) is 0 Å². The molecule has 2 nitrogen and oxygen atoms in total. The average Bonchev–Trinajstić information content (AvgIpc) is 2.48. The van der Waals surface area contributed by atoms with Crippen molar-refractivity contribution in [2.75, 3.05) is 0 Å². The molecule has 0 atom stereocenters. The number of rotatable bonds is 2. The molecule has 0 amide bonds. The third kappa shape index (κ3) is 2.83. The van der Waals surface area contributed by atoms with Gasteiger partial charge in [-0.25, -0.2) is 0 Å². The van der Waals surface area contributed by atoms with Gasteiger partial charge in [-0.05, 0) is 53.4 Å². The van der Waals surface area contributed by atoms with Gasteiger partial charge in [0, 0.05) is 0 Å². The summed E-state index contributed by atoms with van der Waals surface area (Å²) in [5.74, 6) is 2.95. The van der Waals surface area contributed by atoms with Crippen LogP contribution in [0.1, 0.15) is 66.7 Å². The lowest BCUT2D eigenvalue weighted by Gasteiger charge is -2.32. The first-order chi connectivity index (χ1) is 8.32. The van der Waals surface area contributed by atoms with Crippen molar-refractivity contribution in [2.45, 2.75) is 77.9 Å². The Morgan fingerprint density at radius 2 is 1.50 bits per heavy atom. The van der Waals surface area contributed by atoms with Crippen molar-refractivity contribution in [1.29, 1.82) is 0 Å². The monoisotopic (exact) mass is 250 g/mol. The summed E-state index contributed by atoms with van der Waals surface area (Å²) in [5.41, 5.74) is 1.01. The van der Waals surface area contributed by atoms with Crippen molar-refractivity contribution in [3.05, 3.63) is 11.5 Å². The summed E-state index contributed by atoms with van der Waals surface area (Å²) in [6.45, 7) is 10.7. The van der Waals surface area contributed by atoms with Crippen LogP contribution in [0.25, 0.3) is 0 Å². The van der Waals surface area contributed by atoms with Crippen LogP contribution < -0.4 is 0 Å². The fourth-order valence-corrected chi connectivity index (χ4v) is 2.87. The Kier molecular flexibility index (Phi) is 3.94. The first kappa shape index (κ1) is 14.1. The van der Waals surface area contributed by atoms with Gasteiger partial charge in [0.25, 0.3) is 0 Å². The highest BCUT2D eigenvalue weighted by molar-refractivity contribution is 6.51. The van der Waals surface area contributed by atoms with E-state index in [2.05, 4.69) is 40.6 Å². The third-order valence-electron chi connectivity index (χ3n) is 4.92. The van der Waals surface area contributed by atoms with Crippen LogP contribution in [-0.2, 0) is 9.31 Å². The van der Waals surface area contributed by atoms with E-state index in [4.69, 9.17) is 9.31 Å². The highest BCUT2D eigenvalue weighted by Crippen LogP contribution is 2.38. The van der Waals surface area contributed by atoms with E-state index in [0.29, 0.717) is 0 Å². The maximum atomic E-state index is 6.03. The lowest BCUT2D eigenvalue weighted by atomic mass is 9.78. The molecule has 1 aliphatic heterocycles. The van der Waals surface area contributed by atoms with E-state index in [0.717, 1.165) is 5.92 Å². The maximum Gasteiger partial charge on any atom is 0.487 e. The van der Waals surface area contributed by atoms with E-state index >= 15 is 0 Å². The highest BCUT2D eigenvalue weighted by atomic mass is 16.7. The van der Waals surface area contributed by atoms with Gasteiger partial charge in [0.1, 0.15) is 0 Å². The van der Waals surface area contributed by atoms with Gasteiger partial charge < -0.3 is 9.31 Å². The molecule has 1 saturated heterocycles. The normalized spacial score (nSPS) is 28.7. The zero-order chi connectivity index (χ0) is 13.4. The Morgan fingerprint density at radius 1 is 1.00 bits per heavy atom. The van der Waals surface area contributed by atoms with E-state index in [9.17, 15) is 0 Å². The molecule has 0 radical (unpaired) electrons. The van der Waals surface area contributed by atoms with E-state index in [1.165, 1.54) is 37.7 Å². The zero-order valence-corrected chi connectivity index (χ0v) is 12.6. The van der Waals surface area contributed by atoms with Gasteiger partial charge in [0.2, 0.25) is 0 Å². The molecule has 0 aromatic heterocycles. The molecule has 18 heavy (non-hydrogen) atoms. The van der Waals surface area contributed by atoms with Crippen molar-refractivity contribution >= 4 is 7.12 Å². The Hall–Kier alpha value is -0.275. The minimum atomic E-state index is -0.221. The van der Waals surface area contributed by atoms with Crippen molar-refractivity contribution in [1.82, 2.24) is 0 Å². The molecule has 1 heterocycles. The molecule has 0 N–H and O–H groups in total. The predicted octanol–water partition coefficient (Wildman–Crippen LogP) is 4.14. The molecule has 1 aliphatic carbocycles. The average molecular weight is 250 g/mol. The third-order valence-corrected chi connectivity index (χ3v) is 4.92. The second-order valence-corrected chi connectivity index (χ2v) is 6.87. The molecular formula is C15H27BO2. The number of hydrogen-bond donors (Lipinski definition) is 0. The van der Waals surface area contributed by atoms with Crippen LogP contribution in [0.5, 0.6) is 0 Å². The van der Waals surface area contributed by atoms with Gasteiger partial charge in [-0.15, -0.1) is 0 Å². The second-order valence-electron chi connectivity index (χ2n) is 6.87. The molecule has 102 valence electrons. The minimum Gasteiger partial charge on any atom is -0.400 e. The number of allylic oxidation sites excluding steroid dienone is 1. The first-order valence-electron chi connectivity index (χ1n) is 7.36. The molecule has 2 fully saturated rings. The summed E-state index contributed by atoms with van der Waals surface area (Å²) in [6.07, 6.45) is 6.82. The van der Waals surface area contributed by atoms with Crippen LogP contribution in [0.15, 0.2) is 11.5 Å². The molecule has 2 rings (SSSR count). The van der Waals surface area contributed by atoms with E-state index in [1.54, 1.807) is 0 Å². The lowest BCUT2D eigenvalue weighted by molar-refractivity contribution is 0.00578. The quantitative estimate of drug-likeness (QED) is 0.685.